The highest BCUT2D eigenvalue weighted by Crippen LogP contribution is 2.33. The summed E-state index contributed by atoms with van der Waals surface area (Å²) in [7, 11) is 6.59. The number of fused-ring (bicyclic) bond motifs is 1. The average Bonchev–Trinajstić information content (AvgIpc) is 2.67. The van der Waals surface area contributed by atoms with E-state index in [1.807, 2.05) is 12.1 Å². The first kappa shape index (κ1) is 23.3. The highest BCUT2D eigenvalue weighted by atomic mass is 127. The van der Waals surface area contributed by atoms with Crippen LogP contribution in [0.15, 0.2) is 17.1 Å². The molecule has 0 aliphatic carbocycles. The van der Waals surface area contributed by atoms with E-state index in [-0.39, 0.29) is 36.4 Å². The molecule has 1 aliphatic heterocycles. The molecule has 0 saturated carbocycles. The summed E-state index contributed by atoms with van der Waals surface area (Å²) in [6.07, 6.45) is 0.871. The van der Waals surface area contributed by atoms with Crippen molar-refractivity contribution >= 4 is 35.8 Å². The van der Waals surface area contributed by atoms with Gasteiger partial charge >= 0.3 is 0 Å². The van der Waals surface area contributed by atoms with E-state index in [4.69, 9.17) is 14.2 Å². The number of amides is 1. The number of hydrogen-bond donors (Lipinski definition) is 2. The third-order valence-corrected chi connectivity index (χ3v) is 4.26. The fraction of sp³-hybridized carbons (Fsp3) is 0.556. The van der Waals surface area contributed by atoms with Gasteiger partial charge in [-0.2, -0.15) is 0 Å². The first-order valence-corrected chi connectivity index (χ1v) is 8.58. The van der Waals surface area contributed by atoms with E-state index in [1.165, 1.54) is 11.1 Å². The predicted molar refractivity (Wildman–Crippen MR) is 115 cm³/mol. The Hall–Kier alpha value is -1.75. The van der Waals surface area contributed by atoms with Crippen LogP contribution < -0.4 is 20.1 Å². The number of ether oxygens (including phenoxy) is 3. The number of halogens is 1. The normalized spacial score (nSPS) is 13.3. The molecule has 0 unspecified atom stereocenters. The van der Waals surface area contributed by atoms with Gasteiger partial charge in [-0.15, -0.1) is 24.0 Å². The number of carbonyl (C=O) groups excluding carboxylic acids is 1. The number of hydrogen-bond acceptors (Lipinski definition) is 5. The maximum Gasteiger partial charge on any atom is 0.239 e. The maximum atomic E-state index is 11.8. The summed E-state index contributed by atoms with van der Waals surface area (Å²) in [5.74, 6) is 2.07. The van der Waals surface area contributed by atoms with Crippen LogP contribution in [0, 0.1) is 0 Å². The number of methoxy groups -OCH3 is 3. The van der Waals surface area contributed by atoms with Crippen molar-refractivity contribution in [3.8, 4) is 11.5 Å². The molecule has 8 nitrogen and oxygen atoms in total. The topological polar surface area (TPSA) is 84.4 Å². The first-order chi connectivity index (χ1) is 12.6. The van der Waals surface area contributed by atoms with Crippen LogP contribution in [0.5, 0.6) is 11.5 Å². The lowest BCUT2D eigenvalue weighted by atomic mass is 9.99. The Morgan fingerprint density at radius 2 is 1.81 bits per heavy atom. The van der Waals surface area contributed by atoms with Gasteiger partial charge in [-0.25, -0.2) is 0 Å². The van der Waals surface area contributed by atoms with Gasteiger partial charge < -0.3 is 29.7 Å². The Morgan fingerprint density at radius 3 is 2.41 bits per heavy atom. The van der Waals surface area contributed by atoms with E-state index in [0.29, 0.717) is 31.4 Å². The summed E-state index contributed by atoms with van der Waals surface area (Å²) in [6.45, 7) is 2.67. The van der Waals surface area contributed by atoms with E-state index in [0.717, 1.165) is 18.7 Å². The van der Waals surface area contributed by atoms with Crippen LogP contribution in [-0.2, 0) is 22.5 Å². The van der Waals surface area contributed by atoms with Gasteiger partial charge in [0.25, 0.3) is 0 Å². The summed E-state index contributed by atoms with van der Waals surface area (Å²) in [6, 6.07) is 4.04. The average molecular weight is 492 g/mol. The highest BCUT2D eigenvalue weighted by molar-refractivity contribution is 14.0. The molecule has 152 valence electrons. The number of rotatable bonds is 7. The molecular weight excluding hydrogens is 463 g/mol. The van der Waals surface area contributed by atoms with Crippen LogP contribution in [0.2, 0.25) is 0 Å². The molecule has 9 heteroatoms. The van der Waals surface area contributed by atoms with E-state index in [9.17, 15) is 4.79 Å². The zero-order valence-corrected chi connectivity index (χ0v) is 18.7. The van der Waals surface area contributed by atoms with Crippen LogP contribution in [0.4, 0.5) is 0 Å². The minimum atomic E-state index is -0.0907. The van der Waals surface area contributed by atoms with Crippen molar-refractivity contribution in [1.29, 1.82) is 0 Å². The zero-order valence-electron chi connectivity index (χ0n) is 16.3. The number of aliphatic imine (C=N–C) groups is 1. The van der Waals surface area contributed by atoms with Crippen LogP contribution in [0.1, 0.15) is 11.1 Å². The minimum Gasteiger partial charge on any atom is -0.493 e. The summed E-state index contributed by atoms with van der Waals surface area (Å²) in [5, 5.41) is 5.89. The summed E-state index contributed by atoms with van der Waals surface area (Å²) >= 11 is 0. The molecule has 1 aromatic carbocycles. The molecule has 27 heavy (non-hydrogen) atoms. The monoisotopic (exact) mass is 492 g/mol. The Labute approximate surface area is 177 Å². The van der Waals surface area contributed by atoms with Crippen molar-refractivity contribution < 1.29 is 19.0 Å². The Bertz CT molecular complexity index is 654. The highest BCUT2D eigenvalue weighted by Gasteiger charge is 2.21. The summed E-state index contributed by atoms with van der Waals surface area (Å²) in [4.78, 5) is 18.3. The molecule has 1 aromatic rings. The molecule has 1 aliphatic rings. The minimum absolute atomic E-state index is 0. The van der Waals surface area contributed by atoms with Crippen molar-refractivity contribution in [1.82, 2.24) is 15.5 Å². The SMILES string of the molecule is CN=C(NCC(=O)NCCOC)N1CCc2cc(OC)c(OC)cc2C1.I. The van der Waals surface area contributed by atoms with E-state index in [2.05, 4.69) is 20.5 Å². The second-order valence-corrected chi connectivity index (χ2v) is 5.89. The van der Waals surface area contributed by atoms with Gasteiger partial charge in [-0.05, 0) is 29.7 Å². The lowest BCUT2D eigenvalue weighted by molar-refractivity contribution is -0.120. The number of benzene rings is 1. The smallest absolute Gasteiger partial charge is 0.239 e. The summed E-state index contributed by atoms with van der Waals surface area (Å²) < 4.78 is 15.7. The van der Waals surface area contributed by atoms with Crippen LogP contribution >= 0.6 is 24.0 Å². The number of carbonyl (C=O) groups is 1. The molecule has 0 saturated heterocycles. The van der Waals surface area contributed by atoms with E-state index < -0.39 is 0 Å². The van der Waals surface area contributed by atoms with Crippen molar-refractivity contribution in [2.75, 3.05) is 54.6 Å². The van der Waals surface area contributed by atoms with Crippen molar-refractivity contribution in [3.63, 3.8) is 0 Å². The molecule has 0 aromatic heterocycles. The van der Waals surface area contributed by atoms with Crippen LogP contribution in [0.25, 0.3) is 0 Å². The van der Waals surface area contributed by atoms with Gasteiger partial charge in [0.1, 0.15) is 0 Å². The molecule has 0 radical (unpaired) electrons. The summed E-state index contributed by atoms with van der Waals surface area (Å²) in [5.41, 5.74) is 2.41. The van der Waals surface area contributed by atoms with Gasteiger partial charge in [0.15, 0.2) is 17.5 Å². The fourth-order valence-electron chi connectivity index (χ4n) is 2.91. The van der Waals surface area contributed by atoms with Gasteiger partial charge in [0.2, 0.25) is 5.91 Å². The van der Waals surface area contributed by atoms with Crippen molar-refractivity contribution in [3.05, 3.63) is 23.3 Å². The number of guanidine groups is 1. The molecule has 1 heterocycles. The first-order valence-electron chi connectivity index (χ1n) is 8.58. The predicted octanol–water partition coefficient (Wildman–Crippen LogP) is 1.02. The molecular formula is C18H29IN4O4. The van der Waals surface area contributed by atoms with Crippen molar-refractivity contribution in [2.24, 2.45) is 4.99 Å². The number of nitrogens with zero attached hydrogens (tertiary/aromatic N) is 2. The Balaban J connectivity index is 0.00000364. The van der Waals surface area contributed by atoms with Crippen LogP contribution in [0.3, 0.4) is 0 Å². The molecule has 1 amide bonds. The lowest BCUT2D eigenvalue weighted by Crippen LogP contribution is -2.47. The quantitative estimate of drug-likeness (QED) is 0.256. The van der Waals surface area contributed by atoms with Gasteiger partial charge in [-0.1, -0.05) is 0 Å². The second-order valence-electron chi connectivity index (χ2n) is 5.89. The lowest BCUT2D eigenvalue weighted by Gasteiger charge is -2.32. The third kappa shape index (κ3) is 6.42. The molecule has 2 rings (SSSR count). The maximum absolute atomic E-state index is 11.8. The number of nitrogens with one attached hydrogen (secondary N) is 2. The molecule has 0 fully saturated rings. The van der Waals surface area contributed by atoms with E-state index >= 15 is 0 Å². The Morgan fingerprint density at radius 1 is 1.15 bits per heavy atom. The van der Waals surface area contributed by atoms with E-state index in [1.54, 1.807) is 28.4 Å². The fourth-order valence-corrected chi connectivity index (χ4v) is 2.91. The molecule has 0 spiro atoms. The zero-order chi connectivity index (χ0) is 18.9. The molecule has 0 bridgehead atoms. The molecule has 2 N–H and O–H groups in total. The standard InChI is InChI=1S/C18H28N4O4.HI/c1-19-18(21-11-17(23)20-6-8-24-2)22-7-5-13-9-15(25-3)16(26-4)10-14(13)12-22;/h9-10H,5-8,11-12H2,1-4H3,(H,19,21)(H,20,23);1H. The Kier molecular flexibility index (Phi) is 10.2. The van der Waals surface area contributed by atoms with Gasteiger partial charge in [0.05, 0.1) is 27.4 Å². The van der Waals surface area contributed by atoms with Crippen LogP contribution in [-0.4, -0.2) is 71.4 Å². The van der Waals surface area contributed by atoms with Gasteiger partial charge in [-0.3, -0.25) is 9.79 Å². The third-order valence-electron chi connectivity index (χ3n) is 4.26. The second kappa shape index (κ2) is 11.9. The largest absolute Gasteiger partial charge is 0.493 e. The molecule has 0 atom stereocenters. The van der Waals surface area contributed by atoms with Crippen molar-refractivity contribution in [2.45, 2.75) is 13.0 Å². The van der Waals surface area contributed by atoms with Gasteiger partial charge in [0, 0.05) is 33.8 Å².